The highest BCUT2D eigenvalue weighted by Crippen LogP contribution is 2.38. The molecule has 0 amide bonds. The van der Waals surface area contributed by atoms with Crippen molar-refractivity contribution in [3.63, 3.8) is 0 Å². The molecule has 3 nitrogen and oxygen atoms in total. The van der Waals surface area contributed by atoms with Crippen LogP contribution in [0.4, 0.5) is 5.69 Å². The van der Waals surface area contributed by atoms with Gasteiger partial charge in [-0.15, -0.1) is 11.3 Å². The first-order chi connectivity index (χ1) is 8.74. The van der Waals surface area contributed by atoms with Crippen molar-refractivity contribution in [1.29, 1.82) is 0 Å². The van der Waals surface area contributed by atoms with Crippen LogP contribution in [0.1, 0.15) is 0 Å². The Labute approximate surface area is 121 Å². The predicted molar refractivity (Wildman–Crippen MR) is 80.1 cm³/mol. The van der Waals surface area contributed by atoms with Crippen molar-refractivity contribution in [2.45, 2.75) is 9.24 Å². The minimum Gasteiger partial charge on any atom is -0.397 e. The topological polar surface area (TPSA) is 51.8 Å². The second kappa shape index (κ2) is 4.87. The van der Waals surface area contributed by atoms with Crippen LogP contribution >= 0.6 is 39.0 Å². The van der Waals surface area contributed by atoms with E-state index in [-0.39, 0.29) is 0 Å². The lowest BCUT2D eigenvalue weighted by Crippen LogP contribution is -1.92. The van der Waals surface area contributed by atoms with Crippen LogP contribution in [0.5, 0.6) is 0 Å². The lowest BCUT2D eigenvalue weighted by atomic mass is 10.2. The van der Waals surface area contributed by atoms with E-state index >= 15 is 0 Å². The molecule has 18 heavy (non-hydrogen) atoms. The molecule has 0 aliphatic rings. The van der Waals surface area contributed by atoms with Gasteiger partial charge in [0.05, 0.1) is 17.4 Å². The fourth-order valence-corrected chi connectivity index (χ4v) is 3.68. The molecule has 3 aromatic rings. The summed E-state index contributed by atoms with van der Waals surface area (Å²) >= 11 is 6.66. The van der Waals surface area contributed by atoms with Crippen molar-refractivity contribution >= 4 is 55.6 Å². The number of benzene rings is 1. The average molecular weight is 338 g/mol. The summed E-state index contributed by atoms with van der Waals surface area (Å²) in [4.78, 5) is 9.62. The average Bonchev–Trinajstić information content (AvgIpc) is 2.86. The Morgan fingerprint density at radius 1 is 1.28 bits per heavy atom. The van der Waals surface area contributed by atoms with E-state index in [4.69, 9.17) is 5.73 Å². The summed E-state index contributed by atoms with van der Waals surface area (Å²) in [5.41, 5.74) is 7.65. The molecule has 0 saturated carbocycles. The molecule has 1 aromatic carbocycles. The van der Waals surface area contributed by atoms with E-state index in [0.29, 0.717) is 5.69 Å². The third-order valence-electron chi connectivity index (χ3n) is 2.41. The zero-order valence-corrected chi connectivity index (χ0v) is 12.3. The molecule has 0 unspecified atom stereocenters. The molecule has 0 fully saturated rings. The Kier molecular flexibility index (Phi) is 3.23. The van der Waals surface area contributed by atoms with Crippen LogP contribution in [-0.4, -0.2) is 9.97 Å². The summed E-state index contributed by atoms with van der Waals surface area (Å²) < 4.78 is 2.00. The molecule has 0 aliphatic carbocycles. The quantitative estimate of drug-likeness (QED) is 0.761. The van der Waals surface area contributed by atoms with Gasteiger partial charge in [-0.25, -0.2) is 4.98 Å². The Morgan fingerprint density at radius 3 is 2.94 bits per heavy atom. The smallest absolute Gasteiger partial charge is 0.154 e. The van der Waals surface area contributed by atoms with Gasteiger partial charge in [-0.1, -0.05) is 27.7 Å². The number of hydrogen-bond donors (Lipinski definition) is 1. The molecule has 0 spiro atoms. The second-order valence-corrected chi connectivity index (χ2v) is 6.67. The Balaban J connectivity index is 2.19. The van der Waals surface area contributed by atoms with Crippen LogP contribution in [0.15, 0.2) is 49.7 Å². The first-order valence-electron chi connectivity index (χ1n) is 5.15. The van der Waals surface area contributed by atoms with Crippen LogP contribution in [0.3, 0.4) is 0 Å². The van der Waals surface area contributed by atoms with Crippen molar-refractivity contribution in [2.24, 2.45) is 0 Å². The van der Waals surface area contributed by atoms with Gasteiger partial charge in [-0.2, -0.15) is 0 Å². The largest absolute Gasteiger partial charge is 0.397 e. The first-order valence-corrected chi connectivity index (χ1v) is 7.64. The van der Waals surface area contributed by atoms with Crippen LogP contribution in [0.25, 0.3) is 10.9 Å². The minimum atomic E-state index is 0.681. The summed E-state index contributed by atoms with van der Waals surface area (Å²) in [6.07, 6.45) is 3.49. The highest BCUT2D eigenvalue weighted by Gasteiger charge is 2.10. The summed E-state index contributed by atoms with van der Waals surface area (Å²) in [7, 11) is 0. The number of anilines is 1. The van der Waals surface area contributed by atoms with E-state index in [2.05, 4.69) is 25.9 Å². The van der Waals surface area contributed by atoms with Gasteiger partial charge in [0.25, 0.3) is 0 Å². The monoisotopic (exact) mass is 337 g/mol. The molecule has 0 aliphatic heterocycles. The van der Waals surface area contributed by atoms with Crippen molar-refractivity contribution in [1.82, 2.24) is 9.97 Å². The second-order valence-electron chi connectivity index (χ2n) is 3.60. The Hall–Kier alpha value is -1.11. The van der Waals surface area contributed by atoms with Gasteiger partial charge in [0, 0.05) is 26.3 Å². The normalized spacial score (nSPS) is 10.9. The number of fused-ring (bicyclic) bond motifs is 1. The van der Waals surface area contributed by atoms with Crippen molar-refractivity contribution in [3.05, 3.63) is 40.4 Å². The Bertz CT molecular complexity index is 693. The number of nitrogens with two attached hydrogens (primary N) is 1. The van der Waals surface area contributed by atoms with Crippen LogP contribution in [0, 0.1) is 0 Å². The number of thiazole rings is 1. The molecule has 90 valence electrons. The highest BCUT2D eigenvalue weighted by atomic mass is 79.9. The van der Waals surface area contributed by atoms with E-state index in [0.717, 1.165) is 24.6 Å². The zero-order chi connectivity index (χ0) is 12.5. The SMILES string of the molecule is Nc1cnc2ccc(Br)cc2c1Sc1nccs1. The number of halogens is 1. The first kappa shape index (κ1) is 12.0. The van der Waals surface area contributed by atoms with E-state index in [1.54, 1.807) is 35.5 Å². The molecule has 0 atom stereocenters. The lowest BCUT2D eigenvalue weighted by Gasteiger charge is -2.07. The molecule has 6 heteroatoms. The number of nitrogen functional groups attached to an aromatic ring is 1. The predicted octanol–water partition coefficient (Wildman–Crippen LogP) is 4.19. The van der Waals surface area contributed by atoms with Crippen LogP contribution in [-0.2, 0) is 0 Å². The minimum absolute atomic E-state index is 0.681. The third-order valence-corrected chi connectivity index (χ3v) is 4.94. The lowest BCUT2D eigenvalue weighted by molar-refractivity contribution is 1.25. The molecule has 2 N–H and O–H groups in total. The number of rotatable bonds is 2. The van der Waals surface area contributed by atoms with Crippen molar-refractivity contribution < 1.29 is 0 Å². The van der Waals surface area contributed by atoms with E-state index in [1.165, 1.54) is 0 Å². The number of pyridine rings is 1. The fourth-order valence-electron chi connectivity index (χ4n) is 1.62. The van der Waals surface area contributed by atoms with Gasteiger partial charge in [0.1, 0.15) is 0 Å². The highest BCUT2D eigenvalue weighted by molar-refractivity contribution is 9.10. The molecular formula is C12H8BrN3S2. The Morgan fingerprint density at radius 2 is 2.17 bits per heavy atom. The van der Waals surface area contributed by atoms with E-state index < -0.39 is 0 Å². The molecule has 0 radical (unpaired) electrons. The van der Waals surface area contributed by atoms with Gasteiger partial charge < -0.3 is 5.73 Å². The number of hydrogen-bond acceptors (Lipinski definition) is 5. The maximum atomic E-state index is 6.03. The van der Waals surface area contributed by atoms with Gasteiger partial charge >= 0.3 is 0 Å². The maximum absolute atomic E-state index is 6.03. The summed E-state index contributed by atoms with van der Waals surface area (Å²) in [6.45, 7) is 0. The van der Waals surface area contributed by atoms with Crippen molar-refractivity contribution in [2.75, 3.05) is 5.73 Å². The van der Waals surface area contributed by atoms with Gasteiger partial charge in [-0.3, -0.25) is 4.98 Å². The summed E-state index contributed by atoms with van der Waals surface area (Å²) in [5.74, 6) is 0. The molecule has 3 rings (SSSR count). The third kappa shape index (κ3) is 2.23. The molecule has 0 bridgehead atoms. The zero-order valence-electron chi connectivity index (χ0n) is 9.13. The molecule has 2 aromatic heterocycles. The van der Waals surface area contributed by atoms with E-state index in [9.17, 15) is 0 Å². The van der Waals surface area contributed by atoms with Gasteiger partial charge in [-0.05, 0) is 18.2 Å². The molecule has 2 heterocycles. The summed E-state index contributed by atoms with van der Waals surface area (Å²) in [5, 5.41) is 3.00. The maximum Gasteiger partial charge on any atom is 0.154 e. The summed E-state index contributed by atoms with van der Waals surface area (Å²) in [6, 6.07) is 5.99. The molecular weight excluding hydrogens is 330 g/mol. The molecule has 0 saturated heterocycles. The standard InChI is InChI=1S/C12H8BrN3S2/c13-7-1-2-10-8(5-7)11(9(14)6-16-10)18-12-15-3-4-17-12/h1-6H,14H2. The van der Waals surface area contributed by atoms with Crippen LogP contribution in [0.2, 0.25) is 0 Å². The van der Waals surface area contributed by atoms with Gasteiger partial charge in [0.2, 0.25) is 0 Å². The number of nitrogens with zero attached hydrogens (tertiary/aromatic N) is 2. The van der Waals surface area contributed by atoms with Crippen LogP contribution < -0.4 is 5.73 Å². The van der Waals surface area contributed by atoms with Gasteiger partial charge in [0.15, 0.2) is 4.34 Å². The van der Waals surface area contributed by atoms with E-state index in [1.807, 2.05) is 23.6 Å². The number of aromatic nitrogens is 2. The fraction of sp³-hybridized carbons (Fsp3) is 0. The van der Waals surface area contributed by atoms with Crippen molar-refractivity contribution in [3.8, 4) is 0 Å².